The van der Waals surface area contributed by atoms with Crippen LogP contribution in [0, 0.1) is 19.8 Å². The Bertz CT molecular complexity index is 518. The van der Waals surface area contributed by atoms with Crippen LogP contribution in [-0.2, 0) is 9.53 Å². The third-order valence-corrected chi connectivity index (χ3v) is 4.31. The van der Waals surface area contributed by atoms with E-state index >= 15 is 0 Å². The predicted octanol–water partition coefficient (Wildman–Crippen LogP) is 2.32. The first-order chi connectivity index (χ1) is 11.5. The molecule has 5 heteroatoms. The molecule has 1 heterocycles. The molecule has 1 aromatic carbocycles. The van der Waals surface area contributed by atoms with Gasteiger partial charge in [-0.25, -0.2) is 0 Å². The summed E-state index contributed by atoms with van der Waals surface area (Å²) in [4.78, 5) is 13.9. The van der Waals surface area contributed by atoms with Crippen molar-refractivity contribution in [1.82, 2.24) is 4.90 Å². The lowest BCUT2D eigenvalue weighted by atomic mass is 9.97. The standard InChI is InChI=1S/C19H29NO4/c1-4-23-19(22)16-5-7-20(8-6-16)12-17(21)13-24-18-10-14(2)9-15(3)11-18/h9-11,16-17,21H,4-8,12-13H2,1-3H3. The zero-order valence-corrected chi connectivity index (χ0v) is 15.0. The van der Waals surface area contributed by atoms with Crippen LogP contribution in [0.5, 0.6) is 5.75 Å². The highest BCUT2D eigenvalue weighted by atomic mass is 16.5. The van der Waals surface area contributed by atoms with Gasteiger partial charge >= 0.3 is 5.97 Å². The lowest BCUT2D eigenvalue weighted by molar-refractivity contribution is -0.149. The number of aryl methyl sites for hydroxylation is 2. The fraction of sp³-hybridized carbons (Fsp3) is 0.632. The summed E-state index contributed by atoms with van der Waals surface area (Å²) in [6.07, 6.45) is 1.05. The SMILES string of the molecule is CCOC(=O)C1CCN(CC(O)COc2cc(C)cc(C)c2)CC1. The molecular formula is C19H29NO4. The van der Waals surface area contributed by atoms with Gasteiger partial charge in [-0.1, -0.05) is 6.07 Å². The van der Waals surface area contributed by atoms with Crippen molar-refractivity contribution in [3.8, 4) is 5.75 Å². The molecule has 0 aliphatic carbocycles. The zero-order valence-electron chi connectivity index (χ0n) is 15.0. The first-order valence-electron chi connectivity index (χ1n) is 8.76. The summed E-state index contributed by atoms with van der Waals surface area (Å²) in [6.45, 7) is 8.80. The van der Waals surface area contributed by atoms with Crippen molar-refractivity contribution in [2.45, 2.75) is 39.7 Å². The first-order valence-corrected chi connectivity index (χ1v) is 8.76. The van der Waals surface area contributed by atoms with E-state index in [2.05, 4.69) is 11.0 Å². The normalized spacial score (nSPS) is 17.5. The van der Waals surface area contributed by atoms with Crippen LogP contribution in [0.3, 0.4) is 0 Å². The Kier molecular flexibility index (Phi) is 7.06. The maximum absolute atomic E-state index is 11.7. The second kappa shape index (κ2) is 9.04. The average Bonchev–Trinajstić information content (AvgIpc) is 2.53. The Morgan fingerprint density at radius 1 is 1.25 bits per heavy atom. The molecule has 0 amide bonds. The number of piperidine rings is 1. The van der Waals surface area contributed by atoms with E-state index in [-0.39, 0.29) is 18.5 Å². The van der Waals surface area contributed by atoms with E-state index in [1.807, 2.05) is 32.9 Å². The van der Waals surface area contributed by atoms with Gasteiger partial charge in [0.15, 0.2) is 0 Å². The third kappa shape index (κ3) is 5.80. The van der Waals surface area contributed by atoms with Crippen LogP contribution < -0.4 is 4.74 Å². The summed E-state index contributed by atoms with van der Waals surface area (Å²) >= 11 is 0. The van der Waals surface area contributed by atoms with Crippen LogP contribution in [-0.4, -0.2) is 54.9 Å². The number of β-amino-alcohol motifs (C(OH)–C–C–N with tert-alkyl or cyclic N) is 1. The van der Waals surface area contributed by atoms with Crippen molar-refractivity contribution in [2.24, 2.45) is 5.92 Å². The Morgan fingerprint density at radius 2 is 1.88 bits per heavy atom. The number of aliphatic hydroxyl groups is 1. The van der Waals surface area contributed by atoms with E-state index in [0.717, 1.165) is 42.8 Å². The number of esters is 1. The van der Waals surface area contributed by atoms with E-state index in [0.29, 0.717) is 13.2 Å². The number of likely N-dealkylation sites (tertiary alicyclic amines) is 1. The maximum atomic E-state index is 11.7. The lowest BCUT2D eigenvalue weighted by Crippen LogP contribution is -2.42. The summed E-state index contributed by atoms with van der Waals surface area (Å²) in [5.74, 6) is 0.716. The minimum atomic E-state index is -0.537. The molecule has 0 radical (unpaired) electrons. The van der Waals surface area contributed by atoms with Gasteiger partial charge in [0.1, 0.15) is 18.5 Å². The van der Waals surface area contributed by atoms with Gasteiger partial charge in [-0.05, 0) is 70.0 Å². The van der Waals surface area contributed by atoms with E-state index in [4.69, 9.17) is 9.47 Å². The van der Waals surface area contributed by atoms with Gasteiger partial charge in [-0.3, -0.25) is 4.79 Å². The van der Waals surface area contributed by atoms with Crippen LogP contribution in [0.2, 0.25) is 0 Å². The van der Waals surface area contributed by atoms with Crippen LogP contribution in [0.4, 0.5) is 0 Å². The van der Waals surface area contributed by atoms with Gasteiger partial charge in [0.2, 0.25) is 0 Å². The van der Waals surface area contributed by atoms with Gasteiger partial charge in [0.05, 0.1) is 12.5 Å². The van der Waals surface area contributed by atoms with Crippen LogP contribution in [0.15, 0.2) is 18.2 Å². The number of hydrogen-bond acceptors (Lipinski definition) is 5. The van der Waals surface area contributed by atoms with Crippen molar-refractivity contribution in [2.75, 3.05) is 32.8 Å². The quantitative estimate of drug-likeness (QED) is 0.775. The van der Waals surface area contributed by atoms with Gasteiger partial charge in [-0.15, -0.1) is 0 Å². The van der Waals surface area contributed by atoms with E-state index in [1.165, 1.54) is 0 Å². The molecule has 1 unspecified atom stereocenters. The molecule has 1 fully saturated rings. The number of nitrogens with zero attached hydrogens (tertiary/aromatic N) is 1. The number of rotatable bonds is 7. The van der Waals surface area contributed by atoms with Crippen LogP contribution >= 0.6 is 0 Å². The van der Waals surface area contributed by atoms with Crippen molar-refractivity contribution in [1.29, 1.82) is 0 Å². The van der Waals surface area contributed by atoms with Crippen molar-refractivity contribution < 1.29 is 19.4 Å². The van der Waals surface area contributed by atoms with Gasteiger partial charge < -0.3 is 19.5 Å². The monoisotopic (exact) mass is 335 g/mol. The van der Waals surface area contributed by atoms with E-state index < -0.39 is 6.10 Å². The molecule has 0 aromatic heterocycles. The minimum absolute atomic E-state index is 0.00450. The van der Waals surface area contributed by atoms with Crippen molar-refractivity contribution in [3.63, 3.8) is 0 Å². The smallest absolute Gasteiger partial charge is 0.309 e. The Morgan fingerprint density at radius 3 is 2.46 bits per heavy atom. The maximum Gasteiger partial charge on any atom is 0.309 e. The van der Waals surface area contributed by atoms with Crippen molar-refractivity contribution >= 4 is 5.97 Å². The highest BCUT2D eigenvalue weighted by Crippen LogP contribution is 2.19. The average molecular weight is 335 g/mol. The Labute approximate surface area is 144 Å². The third-order valence-electron chi connectivity index (χ3n) is 4.31. The highest BCUT2D eigenvalue weighted by molar-refractivity contribution is 5.72. The molecular weight excluding hydrogens is 306 g/mol. The molecule has 2 rings (SSSR count). The molecule has 0 spiro atoms. The molecule has 5 nitrogen and oxygen atoms in total. The van der Waals surface area contributed by atoms with Crippen molar-refractivity contribution in [3.05, 3.63) is 29.3 Å². The Balaban J connectivity index is 1.71. The minimum Gasteiger partial charge on any atom is -0.491 e. The fourth-order valence-corrected chi connectivity index (χ4v) is 3.17. The highest BCUT2D eigenvalue weighted by Gasteiger charge is 2.26. The molecule has 1 aliphatic rings. The number of carbonyl (C=O) groups is 1. The summed E-state index contributed by atoms with van der Waals surface area (Å²) in [5, 5.41) is 10.2. The van der Waals surface area contributed by atoms with E-state index in [9.17, 15) is 9.90 Å². The topological polar surface area (TPSA) is 59.0 Å². The summed E-state index contributed by atoms with van der Waals surface area (Å²) in [6, 6.07) is 6.05. The zero-order chi connectivity index (χ0) is 17.5. The molecule has 134 valence electrons. The largest absolute Gasteiger partial charge is 0.491 e. The molecule has 1 aliphatic heterocycles. The van der Waals surface area contributed by atoms with Crippen LogP contribution in [0.25, 0.3) is 0 Å². The number of aliphatic hydroxyl groups excluding tert-OH is 1. The number of benzene rings is 1. The second-order valence-corrected chi connectivity index (χ2v) is 6.62. The predicted molar refractivity (Wildman–Crippen MR) is 93.2 cm³/mol. The summed E-state index contributed by atoms with van der Waals surface area (Å²) in [7, 11) is 0. The molecule has 1 saturated heterocycles. The van der Waals surface area contributed by atoms with Gasteiger partial charge in [-0.2, -0.15) is 0 Å². The van der Waals surface area contributed by atoms with Gasteiger partial charge in [0.25, 0.3) is 0 Å². The molecule has 1 N–H and O–H groups in total. The molecule has 1 atom stereocenters. The molecule has 0 saturated carbocycles. The van der Waals surface area contributed by atoms with Crippen LogP contribution in [0.1, 0.15) is 30.9 Å². The lowest BCUT2D eigenvalue weighted by Gasteiger charge is -2.32. The van der Waals surface area contributed by atoms with Gasteiger partial charge in [0, 0.05) is 6.54 Å². The molecule has 1 aromatic rings. The second-order valence-electron chi connectivity index (χ2n) is 6.62. The number of ether oxygens (including phenoxy) is 2. The molecule has 24 heavy (non-hydrogen) atoms. The summed E-state index contributed by atoms with van der Waals surface area (Å²) in [5.41, 5.74) is 2.31. The number of hydrogen-bond donors (Lipinski definition) is 1. The summed E-state index contributed by atoms with van der Waals surface area (Å²) < 4.78 is 10.8. The first kappa shape index (κ1) is 18.7. The molecule has 0 bridgehead atoms. The fourth-order valence-electron chi connectivity index (χ4n) is 3.17. The number of carbonyl (C=O) groups excluding carboxylic acids is 1. The Hall–Kier alpha value is -1.59. The van der Waals surface area contributed by atoms with E-state index in [1.54, 1.807) is 0 Å².